The molecule has 5 aromatic rings. The van der Waals surface area contributed by atoms with Crippen LogP contribution in [0.25, 0.3) is 43.5 Å². The maximum atomic E-state index is 11.3. The molecule has 0 radical (unpaired) electrons. The van der Waals surface area contributed by atoms with Gasteiger partial charge in [0.05, 0.1) is 10.4 Å². The quantitative estimate of drug-likeness (QED) is 0.182. The number of hydrogen-bond donors (Lipinski definition) is 5. The number of carboxylic acid groups (broad SMARTS) is 1. The number of benzene rings is 3. The first-order chi connectivity index (χ1) is 15.8. The number of aromatic carboxylic acids is 1. The number of furan rings is 1. The van der Waals surface area contributed by atoms with Gasteiger partial charge < -0.3 is 21.0 Å². The summed E-state index contributed by atoms with van der Waals surface area (Å²) in [6, 6.07) is 19.7. The molecule has 162 valence electrons. The van der Waals surface area contributed by atoms with Gasteiger partial charge in [-0.15, -0.1) is 11.3 Å². The van der Waals surface area contributed by atoms with E-state index in [0.717, 1.165) is 15.6 Å². The summed E-state index contributed by atoms with van der Waals surface area (Å²) in [7, 11) is 0. The van der Waals surface area contributed by atoms with Crippen molar-refractivity contribution in [3.8, 4) is 22.6 Å². The largest absolute Gasteiger partial charge is 0.478 e. The van der Waals surface area contributed by atoms with E-state index >= 15 is 0 Å². The first-order valence-electron chi connectivity index (χ1n) is 9.95. The minimum Gasteiger partial charge on any atom is -0.478 e. The average Bonchev–Trinajstić information content (AvgIpc) is 3.45. The molecule has 33 heavy (non-hydrogen) atoms. The molecule has 0 aliphatic heterocycles. The van der Waals surface area contributed by atoms with Gasteiger partial charge in [-0.1, -0.05) is 24.3 Å². The van der Waals surface area contributed by atoms with Gasteiger partial charge in [0.25, 0.3) is 0 Å². The third-order valence-corrected chi connectivity index (χ3v) is 6.63. The zero-order valence-corrected chi connectivity index (χ0v) is 18.0. The molecule has 0 spiro atoms. The number of nitrogen functional groups attached to an aromatic ring is 2. The minimum absolute atomic E-state index is 0.0237. The van der Waals surface area contributed by atoms with E-state index in [1.54, 1.807) is 24.3 Å². The van der Waals surface area contributed by atoms with E-state index in [2.05, 4.69) is 0 Å². The molecule has 7 nitrogen and oxygen atoms in total. The summed E-state index contributed by atoms with van der Waals surface area (Å²) in [6.07, 6.45) is 0. The van der Waals surface area contributed by atoms with E-state index in [-0.39, 0.29) is 17.2 Å². The molecular weight excluding hydrogens is 436 g/mol. The average molecular weight is 455 g/mol. The van der Waals surface area contributed by atoms with Crippen molar-refractivity contribution >= 4 is 49.8 Å². The van der Waals surface area contributed by atoms with Crippen molar-refractivity contribution in [3.05, 3.63) is 82.7 Å². The lowest BCUT2D eigenvalue weighted by molar-refractivity contribution is 0.0697. The molecule has 5 rings (SSSR count). The van der Waals surface area contributed by atoms with Crippen molar-refractivity contribution in [2.24, 2.45) is 11.5 Å². The van der Waals surface area contributed by atoms with Gasteiger partial charge in [0.15, 0.2) is 0 Å². The molecule has 8 heteroatoms. The predicted molar refractivity (Wildman–Crippen MR) is 131 cm³/mol. The fraction of sp³-hybridized carbons (Fsp3) is 0. The molecule has 2 aromatic heterocycles. The summed E-state index contributed by atoms with van der Waals surface area (Å²) in [4.78, 5) is 12.0. The molecule has 0 amide bonds. The minimum atomic E-state index is -1.02. The van der Waals surface area contributed by atoms with Crippen LogP contribution in [0.3, 0.4) is 0 Å². The Kier molecular flexibility index (Phi) is 4.72. The summed E-state index contributed by atoms with van der Waals surface area (Å²) in [5, 5.41) is 27.5. The lowest BCUT2D eigenvalue weighted by Crippen LogP contribution is -2.13. The number of nitrogens with two attached hydrogens (primary N) is 2. The SMILES string of the molecule is N=C(N)c1cc2c(-c3ccc(-c4ccc5cc(C(=O)O)ccc5c4C(=N)N)o3)cccc2s1. The molecular formula is C25H18N4O3S. The topological polar surface area (TPSA) is 150 Å². The molecule has 0 saturated carbocycles. The first-order valence-corrected chi connectivity index (χ1v) is 10.8. The molecule has 0 atom stereocenters. The van der Waals surface area contributed by atoms with Crippen LogP contribution in [-0.4, -0.2) is 22.7 Å². The molecule has 2 heterocycles. The molecule has 0 saturated heterocycles. The predicted octanol–water partition coefficient (Wildman–Crippen LogP) is 5.25. The summed E-state index contributed by atoms with van der Waals surface area (Å²) in [6.45, 7) is 0. The highest BCUT2D eigenvalue weighted by Crippen LogP contribution is 2.38. The summed E-state index contributed by atoms with van der Waals surface area (Å²) in [5.41, 5.74) is 13.8. The van der Waals surface area contributed by atoms with Crippen molar-refractivity contribution in [2.75, 3.05) is 0 Å². The molecule has 7 N–H and O–H groups in total. The van der Waals surface area contributed by atoms with Gasteiger partial charge in [-0.2, -0.15) is 0 Å². The van der Waals surface area contributed by atoms with Crippen LogP contribution in [0, 0.1) is 10.8 Å². The van der Waals surface area contributed by atoms with Crippen LogP contribution in [0.2, 0.25) is 0 Å². The van der Waals surface area contributed by atoms with Crippen LogP contribution in [0.5, 0.6) is 0 Å². The van der Waals surface area contributed by atoms with Crippen LogP contribution in [0.4, 0.5) is 0 Å². The second kappa shape index (κ2) is 7.61. The van der Waals surface area contributed by atoms with Gasteiger partial charge in [0.2, 0.25) is 0 Å². The van der Waals surface area contributed by atoms with E-state index in [4.69, 9.17) is 26.7 Å². The smallest absolute Gasteiger partial charge is 0.335 e. The van der Waals surface area contributed by atoms with Crippen LogP contribution >= 0.6 is 11.3 Å². The van der Waals surface area contributed by atoms with E-state index < -0.39 is 5.97 Å². The number of carboxylic acids is 1. The van der Waals surface area contributed by atoms with Crippen molar-refractivity contribution in [3.63, 3.8) is 0 Å². The number of fused-ring (bicyclic) bond motifs is 2. The fourth-order valence-electron chi connectivity index (χ4n) is 3.99. The van der Waals surface area contributed by atoms with Crippen molar-refractivity contribution in [1.82, 2.24) is 0 Å². The highest BCUT2D eigenvalue weighted by atomic mass is 32.1. The Balaban J connectivity index is 1.65. The van der Waals surface area contributed by atoms with Gasteiger partial charge in [-0.25, -0.2) is 4.79 Å². The zero-order chi connectivity index (χ0) is 23.3. The fourth-order valence-corrected chi connectivity index (χ4v) is 4.94. The first kappa shape index (κ1) is 20.5. The van der Waals surface area contributed by atoms with Gasteiger partial charge in [0, 0.05) is 26.8 Å². The molecule has 0 aliphatic rings. The van der Waals surface area contributed by atoms with Crippen molar-refractivity contribution in [2.45, 2.75) is 0 Å². The number of hydrogen-bond acceptors (Lipinski definition) is 5. The van der Waals surface area contributed by atoms with Crippen LogP contribution < -0.4 is 11.5 Å². The molecule has 3 aromatic carbocycles. The van der Waals surface area contributed by atoms with E-state index in [1.807, 2.05) is 36.4 Å². The Hall–Kier alpha value is -4.43. The molecule has 0 bridgehead atoms. The second-order valence-corrected chi connectivity index (χ2v) is 8.63. The monoisotopic (exact) mass is 454 g/mol. The van der Waals surface area contributed by atoms with E-state index in [0.29, 0.717) is 38.3 Å². The van der Waals surface area contributed by atoms with Crippen LogP contribution in [0.1, 0.15) is 20.8 Å². The molecule has 0 unspecified atom stereocenters. The number of carbonyl (C=O) groups is 1. The van der Waals surface area contributed by atoms with Crippen LogP contribution in [-0.2, 0) is 0 Å². The van der Waals surface area contributed by atoms with Gasteiger partial charge in [0.1, 0.15) is 23.2 Å². The number of amidine groups is 2. The molecule has 0 fully saturated rings. The summed E-state index contributed by atoms with van der Waals surface area (Å²) < 4.78 is 7.21. The van der Waals surface area contributed by atoms with Gasteiger partial charge in [-0.3, -0.25) is 10.8 Å². The number of rotatable bonds is 5. The third kappa shape index (κ3) is 3.42. The Bertz CT molecular complexity index is 1610. The van der Waals surface area contributed by atoms with Crippen molar-refractivity contribution in [1.29, 1.82) is 10.8 Å². The summed E-state index contributed by atoms with van der Waals surface area (Å²) in [5.74, 6) is 0.0487. The Morgan fingerprint density at radius 3 is 2.30 bits per heavy atom. The zero-order valence-electron chi connectivity index (χ0n) is 17.2. The van der Waals surface area contributed by atoms with Gasteiger partial charge in [-0.05, 0) is 53.2 Å². The van der Waals surface area contributed by atoms with E-state index in [9.17, 15) is 9.90 Å². The normalized spacial score (nSPS) is 11.2. The Morgan fingerprint density at radius 1 is 0.848 bits per heavy atom. The third-order valence-electron chi connectivity index (χ3n) is 5.50. The second-order valence-electron chi connectivity index (χ2n) is 7.55. The Labute approximate surface area is 191 Å². The maximum Gasteiger partial charge on any atom is 0.335 e. The summed E-state index contributed by atoms with van der Waals surface area (Å²) >= 11 is 1.45. The van der Waals surface area contributed by atoms with E-state index in [1.165, 1.54) is 17.4 Å². The van der Waals surface area contributed by atoms with Crippen LogP contribution in [0.15, 0.2) is 71.1 Å². The Morgan fingerprint density at radius 2 is 1.61 bits per heavy atom. The highest BCUT2D eigenvalue weighted by molar-refractivity contribution is 7.20. The number of nitrogens with one attached hydrogen (secondary N) is 2. The van der Waals surface area contributed by atoms with Crippen molar-refractivity contribution < 1.29 is 14.3 Å². The molecule has 0 aliphatic carbocycles. The standard InChI is InChI=1S/C25H18N4O3S/c26-23(27)21-11-17-15(2-1-3-20(17)33-21)18-8-9-19(32-18)16-7-4-12-10-13(25(30)31)5-6-14(12)22(16)24(28)29/h1-11H,(H3,26,27)(H3,28,29)(H,30,31). The lowest BCUT2D eigenvalue weighted by Gasteiger charge is -2.11. The number of thiophene rings is 1. The van der Waals surface area contributed by atoms with Gasteiger partial charge >= 0.3 is 5.97 Å². The highest BCUT2D eigenvalue weighted by Gasteiger charge is 2.18. The maximum absolute atomic E-state index is 11.3. The lowest BCUT2D eigenvalue weighted by atomic mass is 9.95.